The molecule has 1 fully saturated rings. The highest BCUT2D eigenvalue weighted by atomic mass is 35.5. The van der Waals surface area contributed by atoms with E-state index in [2.05, 4.69) is 69.3 Å². The van der Waals surface area contributed by atoms with Crippen molar-refractivity contribution in [1.29, 1.82) is 0 Å². The van der Waals surface area contributed by atoms with Crippen LogP contribution in [0.3, 0.4) is 0 Å². The van der Waals surface area contributed by atoms with E-state index in [1.54, 1.807) is 0 Å². The molecular weight excluding hydrogens is 364 g/mol. The predicted molar refractivity (Wildman–Crippen MR) is 109 cm³/mol. The van der Waals surface area contributed by atoms with Gasteiger partial charge in [-0.25, -0.2) is 0 Å². The van der Waals surface area contributed by atoms with Gasteiger partial charge in [-0.15, -0.1) is 11.6 Å². The number of aliphatic hydroxyl groups is 1. The van der Waals surface area contributed by atoms with Crippen LogP contribution in [0.1, 0.15) is 27.2 Å². The van der Waals surface area contributed by atoms with Crippen molar-refractivity contribution in [2.24, 2.45) is 0 Å². The third kappa shape index (κ3) is 3.75. The normalized spacial score (nSPS) is 24.0. The number of benzene rings is 2. The maximum absolute atomic E-state index is 9.74. The molecule has 26 heavy (non-hydrogen) atoms. The van der Waals surface area contributed by atoms with Crippen molar-refractivity contribution in [3.63, 3.8) is 0 Å². The molecule has 0 radical (unpaired) electrons. The van der Waals surface area contributed by atoms with Crippen molar-refractivity contribution < 1.29 is 14.3 Å². The Bertz CT molecular complexity index is 663. The fourth-order valence-electron chi connectivity index (χ4n) is 3.80. The summed E-state index contributed by atoms with van der Waals surface area (Å²) in [6, 6.07) is 21.0. The topological polar surface area (TPSA) is 38.7 Å². The Morgan fingerprint density at radius 2 is 1.54 bits per heavy atom. The van der Waals surface area contributed by atoms with Gasteiger partial charge in [0.25, 0.3) is 8.32 Å². The third-order valence-corrected chi connectivity index (χ3v) is 10.5. The summed E-state index contributed by atoms with van der Waals surface area (Å²) in [5.41, 5.74) is 0. The second-order valence-electron chi connectivity index (χ2n) is 7.86. The summed E-state index contributed by atoms with van der Waals surface area (Å²) in [4.78, 5) is 0. The van der Waals surface area contributed by atoms with E-state index in [0.717, 1.165) is 0 Å². The second-order valence-corrected chi connectivity index (χ2v) is 12.7. The molecule has 0 saturated carbocycles. The second kappa shape index (κ2) is 7.83. The Morgan fingerprint density at radius 3 is 1.92 bits per heavy atom. The molecule has 2 aromatic carbocycles. The van der Waals surface area contributed by atoms with Crippen LogP contribution in [-0.4, -0.2) is 37.8 Å². The number of alkyl halides is 1. The standard InChI is InChI=1S/C21H27ClO3Si/c1-21(2,3)26(16-10-6-4-7-11-16,17-12-8-5-9-13-17)24-15-19-18(22)14-20(23)25-19/h4-13,18-20,23H,14-15H2,1-3H3/t18-,19-,20-/m1/s1. The minimum Gasteiger partial charge on any atom is -0.405 e. The highest BCUT2D eigenvalue weighted by Crippen LogP contribution is 2.37. The van der Waals surface area contributed by atoms with Gasteiger partial charge < -0.3 is 14.3 Å². The number of ether oxygens (including phenoxy) is 1. The molecule has 1 aliphatic heterocycles. The molecule has 0 aliphatic carbocycles. The zero-order valence-corrected chi connectivity index (χ0v) is 17.3. The van der Waals surface area contributed by atoms with Gasteiger partial charge in [0.05, 0.1) is 18.1 Å². The van der Waals surface area contributed by atoms with E-state index in [1.807, 2.05) is 12.1 Å². The summed E-state index contributed by atoms with van der Waals surface area (Å²) in [7, 11) is -2.59. The van der Waals surface area contributed by atoms with Crippen LogP contribution >= 0.6 is 11.6 Å². The van der Waals surface area contributed by atoms with E-state index >= 15 is 0 Å². The molecule has 0 spiro atoms. The largest absolute Gasteiger partial charge is 0.405 e. The first-order valence-corrected chi connectivity index (χ1v) is 11.4. The molecule has 3 rings (SSSR count). The summed E-state index contributed by atoms with van der Waals surface area (Å²) >= 11 is 6.36. The minimum atomic E-state index is -2.59. The molecule has 0 aromatic heterocycles. The lowest BCUT2D eigenvalue weighted by Gasteiger charge is -2.43. The van der Waals surface area contributed by atoms with Crippen LogP contribution in [0, 0.1) is 0 Å². The lowest BCUT2D eigenvalue weighted by Crippen LogP contribution is -2.67. The zero-order chi connectivity index (χ0) is 18.8. The van der Waals surface area contributed by atoms with Crippen molar-refractivity contribution >= 4 is 30.3 Å². The average molecular weight is 391 g/mol. The van der Waals surface area contributed by atoms with Crippen molar-refractivity contribution in [3.05, 3.63) is 60.7 Å². The first-order valence-electron chi connectivity index (χ1n) is 9.07. The summed E-state index contributed by atoms with van der Waals surface area (Å²) in [6.45, 7) is 7.09. The van der Waals surface area contributed by atoms with Crippen molar-refractivity contribution in [2.75, 3.05) is 6.61 Å². The zero-order valence-electron chi connectivity index (χ0n) is 15.6. The molecular formula is C21H27ClO3Si. The molecule has 0 amide bonds. The Balaban J connectivity index is 2.03. The van der Waals surface area contributed by atoms with E-state index in [0.29, 0.717) is 13.0 Å². The number of halogens is 1. The maximum Gasteiger partial charge on any atom is 0.261 e. The van der Waals surface area contributed by atoms with E-state index in [-0.39, 0.29) is 16.5 Å². The fraction of sp³-hybridized carbons (Fsp3) is 0.429. The minimum absolute atomic E-state index is 0.0886. The van der Waals surface area contributed by atoms with Gasteiger partial charge in [0.15, 0.2) is 6.29 Å². The van der Waals surface area contributed by atoms with Gasteiger partial charge >= 0.3 is 0 Å². The maximum atomic E-state index is 9.74. The van der Waals surface area contributed by atoms with Crippen LogP contribution in [0.2, 0.25) is 5.04 Å². The smallest absolute Gasteiger partial charge is 0.261 e. The van der Waals surface area contributed by atoms with Crippen LogP contribution in [0.25, 0.3) is 0 Å². The molecule has 140 valence electrons. The number of rotatable bonds is 5. The van der Waals surface area contributed by atoms with E-state index in [1.165, 1.54) is 10.4 Å². The summed E-state index contributed by atoms with van der Waals surface area (Å²) < 4.78 is 12.4. The van der Waals surface area contributed by atoms with Crippen molar-refractivity contribution in [1.82, 2.24) is 0 Å². The Labute approximate surface area is 162 Å². The summed E-state index contributed by atoms with van der Waals surface area (Å²) in [6.07, 6.45) is -0.658. The molecule has 1 aliphatic rings. The first kappa shape index (κ1) is 19.6. The van der Waals surface area contributed by atoms with Crippen LogP contribution in [0.15, 0.2) is 60.7 Å². The Hall–Kier alpha value is -1.17. The predicted octanol–water partition coefficient (Wildman–Crippen LogP) is 3.28. The quantitative estimate of drug-likeness (QED) is 0.629. The van der Waals surface area contributed by atoms with Gasteiger partial charge in [-0.2, -0.15) is 0 Å². The van der Waals surface area contributed by atoms with Crippen molar-refractivity contribution in [3.8, 4) is 0 Å². The highest BCUT2D eigenvalue weighted by Gasteiger charge is 2.51. The van der Waals surface area contributed by atoms with Gasteiger partial charge in [-0.3, -0.25) is 0 Å². The van der Waals surface area contributed by atoms with Gasteiger partial charge in [0, 0.05) is 6.42 Å². The molecule has 3 nitrogen and oxygen atoms in total. The lowest BCUT2D eigenvalue weighted by atomic mass is 10.2. The van der Waals surface area contributed by atoms with E-state index in [9.17, 15) is 5.11 Å². The molecule has 2 aromatic rings. The Kier molecular flexibility index (Phi) is 5.90. The monoisotopic (exact) mass is 390 g/mol. The molecule has 0 bridgehead atoms. The fourth-order valence-corrected chi connectivity index (χ4v) is 8.65. The Morgan fingerprint density at radius 1 is 1.04 bits per heavy atom. The van der Waals surface area contributed by atoms with Crippen LogP contribution in [0.4, 0.5) is 0 Å². The van der Waals surface area contributed by atoms with Crippen LogP contribution in [0.5, 0.6) is 0 Å². The van der Waals surface area contributed by atoms with Crippen molar-refractivity contribution in [2.45, 2.75) is 50.0 Å². The summed E-state index contributed by atoms with van der Waals surface area (Å²) in [5.74, 6) is 0. The average Bonchev–Trinajstić information content (AvgIpc) is 2.94. The van der Waals surface area contributed by atoms with Gasteiger partial charge in [0.1, 0.15) is 0 Å². The first-order chi connectivity index (χ1) is 12.3. The van der Waals surface area contributed by atoms with E-state index < -0.39 is 14.6 Å². The van der Waals surface area contributed by atoms with Crippen LogP contribution in [-0.2, 0) is 9.16 Å². The lowest BCUT2D eigenvalue weighted by molar-refractivity contribution is -0.0990. The molecule has 1 heterocycles. The molecule has 1 saturated heterocycles. The SMILES string of the molecule is CC(C)(C)[Si](OC[C@H]1O[C@@H](O)C[C@H]1Cl)(c1ccccc1)c1ccccc1. The van der Waals surface area contributed by atoms with Crippen LogP contribution < -0.4 is 10.4 Å². The molecule has 3 atom stereocenters. The number of hydrogen-bond acceptors (Lipinski definition) is 3. The van der Waals surface area contributed by atoms with Gasteiger partial charge in [0.2, 0.25) is 0 Å². The third-order valence-electron chi connectivity index (χ3n) is 5.04. The highest BCUT2D eigenvalue weighted by molar-refractivity contribution is 6.99. The van der Waals surface area contributed by atoms with E-state index in [4.69, 9.17) is 20.8 Å². The number of hydrogen-bond donors (Lipinski definition) is 1. The van der Waals surface area contributed by atoms with Gasteiger partial charge in [-0.05, 0) is 15.4 Å². The molecule has 1 N–H and O–H groups in total. The molecule has 0 unspecified atom stereocenters. The molecule has 5 heteroatoms. The van der Waals surface area contributed by atoms with Gasteiger partial charge in [-0.1, -0.05) is 81.4 Å². The summed E-state index contributed by atoms with van der Waals surface area (Å²) in [5, 5.41) is 11.9. The number of aliphatic hydroxyl groups excluding tert-OH is 1.